The van der Waals surface area contributed by atoms with Crippen LogP contribution in [-0.2, 0) is 4.74 Å². The number of para-hydroxylation sites is 1. The van der Waals surface area contributed by atoms with E-state index in [0.29, 0.717) is 10.9 Å². The number of hydrogen-bond donors (Lipinski definition) is 1. The van der Waals surface area contributed by atoms with Crippen molar-refractivity contribution in [2.45, 2.75) is 44.8 Å². The number of carbonyl (C=O) groups excluding carboxylic acids is 1. The van der Waals surface area contributed by atoms with Crippen LogP contribution in [0.1, 0.15) is 64.3 Å². The minimum atomic E-state index is -0.317. The van der Waals surface area contributed by atoms with Crippen molar-refractivity contribution in [1.29, 1.82) is 0 Å². The third-order valence-electron chi connectivity index (χ3n) is 7.44. The van der Waals surface area contributed by atoms with Crippen molar-refractivity contribution < 1.29 is 18.7 Å². The van der Waals surface area contributed by atoms with Gasteiger partial charge >= 0.3 is 5.97 Å². The first-order chi connectivity index (χ1) is 18.0. The Morgan fingerprint density at radius 1 is 1.05 bits per heavy atom. The lowest BCUT2D eigenvalue weighted by atomic mass is 9.82. The van der Waals surface area contributed by atoms with E-state index in [1.807, 2.05) is 67.6 Å². The van der Waals surface area contributed by atoms with Crippen LogP contribution in [0.5, 0.6) is 5.75 Å². The standard InChI is InChI=1S/C32H32FNO3/c1-20-12-13-22(18-28(20)32(35)36-3)29-19-23(37-31-11-7-6-10-27(29)31)16-17-34-21(2)24-14-15-30(33)26-9-5-4-8-25(24)26/h4-15,18,21,23,29,34H,16-17,19H2,1-3H3/t21?,23-,29-/m1/s1. The molecule has 4 nitrogen and oxygen atoms in total. The van der Waals surface area contributed by atoms with Gasteiger partial charge < -0.3 is 14.8 Å². The Kier molecular flexibility index (Phi) is 7.24. The molecule has 3 atom stereocenters. The van der Waals surface area contributed by atoms with Crippen LogP contribution in [0.2, 0.25) is 0 Å². The van der Waals surface area contributed by atoms with Crippen LogP contribution in [0.4, 0.5) is 4.39 Å². The maximum absolute atomic E-state index is 14.3. The summed E-state index contributed by atoms with van der Waals surface area (Å²) in [5, 5.41) is 5.19. The highest BCUT2D eigenvalue weighted by Gasteiger charge is 2.30. The van der Waals surface area contributed by atoms with E-state index in [-0.39, 0.29) is 29.9 Å². The fourth-order valence-electron chi connectivity index (χ4n) is 5.41. The minimum Gasteiger partial charge on any atom is -0.490 e. The molecule has 0 aromatic heterocycles. The van der Waals surface area contributed by atoms with Gasteiger partial charge in [0.1, 0.15) is 17.7 Å². The number of carbonyl (C=O) groups is 1. The van der Waals surface area contributed by atoms with Gasteiger partial charge in [0.2, 0.25) is 0 Å². The Balaban J connectivity index is 1.32. The fourth-order valence-corrected chi connectivity index (χ4v) is 5.41. The van der Waals surface area contributed by atoms with E-state index in [1.165, 1.54) is 7.11 Å². The molecular weight excluding hydrogens is 465 g/mol. The summed E-state index contributed by atoms with van der Waals surface area (Å²) < 4.78 is 25.7. The topological polar surface area (TPSA) is 47.6 Å². The fraction of sp³-hybridized carbons (Fsp3) is 0.281. The van der Waals surface area contributed by atoms with Gasteiger partial charge in [-0.2, -0.15) is 0 Å². The molecule has 0 saturated carbocycles. The van der Waals surface area contributed by atoms with E-state index < -0.39 is 0 Å². The van der Waals surface area contributed by atoms with E-state index in [4.69, 9.17) is 9.47 Å². The zero-order valence-corrected chi connectivity index (χ0v) is 21.5. The second-order valence-corrected chi connectivity index (χ2v) is 9.78. The van der Waals surface area contributed by atoms with E-state index in [2.05, 4.69) is 24.4 Å². The van der Waals surface area contributed by atoms with Gasteiger partial charge in [-0.3, -0.25) is 0 Å². The van der Waals surface area contributed by atoms with Crippen LogP contribution in [0.15, 0.2) is 78.9 Å². The molecule has 4 aromatic rings. The number of halogens is 1. The van der Waals surface area contributed by atoms with Crippen molar-refractivity contribution in [3.63, 3.8) is 0 Å². The van der Waals surface area contributed by atoms with Crippen molar-refractivity contribution in [3.05, 3.63) is 112 Å². The number of ether oxygens (including phenoxy) is 2. The van der Waals surface area contributed by atoms with Crippen molar-refractivity contribution in [2.24, 2.45) is 0 Å². The molecule has 0 aliphatic carbocycles. The van der Waals surface area contributed by atoms with Gasteiger partial charge in [0.05, 0.1) is 12.7 Å². The molecule has 0 spiro atoms. The number of rotatable bonds is 7. The molecule has 5 rings (SSSR count). The highest BCUT2D eigenvalue weighted by Crippen LogP contribution is 2.41. The Bertz CT molecular complexity index is 1430. The molecule has 1 heterocycles. The Hall–Kier alpha value is -3.70. The van der Waals surface area contributed by atoms with Crippen molar-refractivity contribution in [3.8, 4) is 5.75 Å². The molecule has 1 N–H and O–H groups in total. The summed E-state index contributed by atoms with van der Waals surface area (Å²) in [7, 11) is 1.41. The number of esters is 1. The summed E-state index contributed by atoms with van der Waals surface area (Å²) >= 11 is 0. The first kappa shape index (κ1) is 25.0. The van der Waals surface area contributed by atoms with Gasteiger partial charge in [0, 0.05) is 22.9 Å². The van der Waals surface area contributed by atoms with E-state index >= 15 is 0 Å². The van der Waals surface area contributed by atoms with Gasteiger partial charge in [-0.15, -0.1) is 0 Å². The molecule has 0 radical (unpaired) electrons. The van der Waals surface area contributed by atoms with Crippen LogP contribution >= 0.6 is 0 Å². The predicted octanol–water partition coefficient (Wildman–Crippen LogP) is 7.10. The van der Waals surface area contributed by atoms with Crippen molar-refractivity contribution >= 4 is 16.7 Å². The minimum absolute atomic E-state index is 0.0208. The number of fused-ring (bicyclic) bond motifs is 2. The van der Waals surface area contributed by atoms with Gasteiger partial charge in [-0.05, 0) is 73.5 Å². The lowest BCUT2D eigenvalue weighted by Crippen LogP contribution is -2.31. The van der Waals surface area contributed by atoms with E-state index in [0.717, 1.165) is 52.8 Å². The number of nitrogens with one attached hydrogen (secondary N) is 1. The largest absolute Gasteiger partial charge is 0.490 e. The lowest BCUT2D eigenvalue weighted by Gasteiger charge is -2.33. The van der Waals surface area contributed by atoms with Gasteiger partial charge in [0.25, 0.3) is 0 Å². The molecule has 37 heavy (non-hydrogen) atoms. The zero-order valence-electron chi connectivity index (χ0n) is 21.5. The lowest BCUT2D eigenvalue weighted by molar-refractivity contribution is 0.0599. The first-order valence-electron chi connectivity index (χ1n) is 12.8. The summed E-state index contributed by atoms with van der Waals surface area (Å²) in [5.41, 5.74) is 4.81. The molecule has 0 saturated heterocycles. The number of hydrogen-bond acceptors (Lipinski definition) is 4. The van der Waals surface area contributed by atoms with Gasteiger partial charge in [-0.25, -0.2) is 9.18 Å². The Morgan fingerprint density at radius 2 is 1.81 bits per heavy atom. The normalized spacial score (nSPS) is 17.6. The summed E-state index contributed by atoms with van der Waals surface area (Å²) in [6.07, 6.45) is 1.66. The molecule has 4 aromatic carbocycles. The monoisotopic (exact) mass is 497 g/mol. The average Bonchev–Trinajstić information content (AvgIpc) is 2.93. The van der Waals surface area contributed by atoms with Crippen LogP contribution in [0, 0.1) is 12.7 Å². The zero-order chi connectivity index (χ0) is 25.9. The number of methoxy groups -OCH3 is 1. The molecule has 190 valence electrons. The van der Waals surface area contributed by atoms with Crippen LogP contribution in [-0.4, -0.2) is 25.7 Å². The Labute approximate surface area is 217 Å². The molecule has 0 fully saturated rings. The molecule has 0 amide bonds. The summed E-state index contributed by atoms with van der Waals surface area (Å²) in [5.74, 6) is 0.500. The maximum Gasteiger partial charge on any atom is 0.338 e. The molecule has 1 aliphatic heterocycles. The van der Waals surface area contributed by atoms with E-state index in [1.54, 1.807) is 6.07 Å². The molecule has 0 bridgehead atoms. The third-order valence-corrected chi connectivity index (χ3v) is 7.44. The second-order valence-electron chi connectivity index (χ2n) is 9.78. The Morgan fingerprint density at radius 3 is 2.62 bits per heavy atom. The second kappa shape index (κ2) is 10.7. The van der Waals surface area contributed by atoms with Crippen LogP contribution < -0.4 is 10.1 Å². The quantitative estimate of drug-likeness (QED) is 0.277. The highest BCUT2D eigenvalue weighted by atomic mass is 19.1. The van der Waals surface area contributed by atoms with Crippen LogP contribution in [0.3, 0.4) is 0 Å². The molecule has 1 aliphatic rings. The number of benzene rings is 4. The molecule has 5 heteroatoms. The van der Waals surface area contributed by atoms with Crippen LogP contribution in [0.25, 0.3) is 10.8 Å². The smallest absolute Gasteiger partial charge is 0.338 e. The van der Waals surface area contributed by atoms with Crippen molar-refractivity contribution in [2.75, 3.05) is 13.7 Å². The van der Waals surface area contributed by atoms with Crippen molar-refractivity contribution in [1.82, 2.24) is 5.32 Å². The first-order valence-corrected chi connectivity index (χ1v) is 12.8. The molecule has 1 unspecified atom stereocenters. The predicted molar refractivity (Wildman–Crippen MR) is 145 cm³/mol. The van der Waals surface area contributed by atoms with Gasteiger partial charge in [0.15, 0.2) is 0 Å². The summed E-state index contributed by atoms with van der Waals surface area (Å²) in [6, 6.07) is 25.3. The SMILES string of the molecule is COC(=O)c1cc([C@H]2C[C@@H](CCNC(C)c3ccc(F)c4ccccc34)Oc3ccccc32)ccc1C. The third kappa shape index (κ3) is 5.09. The maximum atomic E-state index is 14.3. The summed E-state index contributed by atoms with van der Waals surface area (Å²) in [4.78, 5) is 12.3. The van der Waals surface area contributed by atoms with E-state index in [9.17, 15) is 9.18 Å². The number of aryl methyl sites for hydroxylation is 1. The summed E-state index contributed by atoms with van der Waals surface area (Å²) in [6.45, 7) is 4.79. The average molecular weight is 498 g/mol. The highest BCUT2D eigenvalue weighted by molar-refractivity contribution is 5.91. The molecular formula is C32H32FNO3. The van der Waals surface area contributed by atoms with Gasteiger partial charge in [-0.1, -0.05) is 60.7 Å².